The number of aliphatic hydroxyl groups is 4. The summed E-state index contributed by atoms with van der Waals surface area (Å²) in [4.78, 5) is 0.804. The van der Waals surface area contributed by atoms with Crippen molar-refractivity contribution in [1.29, 1.82) is 0 Å². The minimum Gasteiger partial charge on any atom is -0.399 e. The van der Waals surface area contributed by atoms with E-state index in [9.17, 15) is 15.3 Å². The summed E-state index contributed by atoms with van der Waals surface area (Å²) < 4.78 is 5.39. The number of nitrogen functional groups attached to an aromatic ring is 1. The molecule has 0 radical (unpaired) electrons. The average molecular weight is 287 g/mol. The van der Waals surface area contributed by atoms with E-state index in [1.165, 1.54) is 11.8 Å². The molecule has 106 valence electrons. The molecule has 0 spiro atoms. The molecular weight excluding hydrogens is 270 g/mol. The second-order valence-electron chi connectivity index (χ2n) is 4.38. The maximum absolute atomic E-state index is 9.87. The Morgan fingerprint density at radius 2 is 1.68 bits per heavy atom. The smallest absolute Gasteiger partial charge is 0.136 e. The van der Waals surface area contributed by atoms with Gasteiger partial charge in [-0.05, 0) is 24.3 Å². The Labute approximate surface area is 114 Å². The number of aliphatic hydroxyl groups excluding tert-OH is 4. The first-order valence-corrected chi connectivity index (χ1v) is 6.73. The predicted molar refractivity (Wildman–Crippen MR) is 70.5 cm³/mol. The Balaban J connectivity index is 2.08. The van der Waals surface area contributed by atoms with E-state index in [-0.39, 0.29) is 0 Å². The third kappa shape index (κ3) is 3.19. The third-order valence-corrected chi connectivity index (χ3v) is 4.15. The number of hydrogen-bond acceptors (Lipinski definition) is 7. The monoisotopic (exact) mass is 287 g/mol. The molecule has 1 heterocycles. The zero-order valence-corrected chi connectivity index (χ0v) is 10.9. The SMILES string of the molecule is Nc1ccc(S[C@@H]2O[C@@H](CO)[C@@H](O)[C@H](O)[C@@H]2O)cc1. The number of rotatable bonds is 3. The quantitative estimate of drug-likeness (QED) is 0.460. The molecule has 6 nitrogen and oxygen atoms in total. The first-order valence-electron chi connectivity index (χ1n) is 5.85. The molecule has 0 amide bonds. The standard InChI is InChI=1S/C12H17NO5S/c13-6-1-3-7(4-2-6)19-12-11(17)10(16)9(15)8(5-14)18-12/h1-4,8-12,14-17H,5,13H2/t8-,9+,10-,11-,12-/m0/s1. The van der Waals surface area contributed by atoms with Crippen molar-refractivity contribution in [2.75, 3.05) is 12.3 Å². The van der Waals surface area contributed by atoms with E-state index in [2.05, 4.69) is 0 Å². The van der Waals surface area contributed by atoms with E-state index in [0.29, 0.717) is 5.69 Å². The summed E-state index contributed by atoms with van der Waals surface area (Å²) in [6.45, 7) is -0.427. The molecule has 0 bridgehead atoms. The van der Waals surface area contributed by atoms with Gasteiger partial charge in [0.2, 0.25) is 0 Å². The number of anilines is 1. The molecule has 0 aromatic heterocycles. The highest BCUT2D eigenvalue weighted by Gasteiger charge is 2.43. The van der Waals surface area contributed by atoms with Crippen molar-refractivity contribution in [1.82, 2.24) is 0 Å². The van der Waals surface area contributed by atoms with Crippen molar-refractivity contribution in [3.05, 3.63) is 24.3 Å². The zero-order chi connectivity index (χ0) is 14.0. The van der Waals surface area contributed by atoms with Crippen LogP contribution in [-0.4, -0.2) is 56.9 Å². The summed E-state index contributed by atoms with van der Waals surface area (Å²) in [5, 5.41) is 38.3. The fourth-order valence-corrected chi connectivity index (χ4v) is 2.91. The van der Waals surface area contributed by atoms with Crippen LogP contribution in [0.2, 0.25) is 0 Å². The number of nitrogens with two attached hydrogens (primary N) is 1. The van der Waals surface area contributed by atoms with Crippen molar-refractivity contribution in [3.63, 3.8) is 0 Å². The fraction of sp³-hybridized carbons (Fsp3) is 0.500. The van der Waals surface area contributed by atoms with Crippen LogP contribution in [0.5, 0.6) is 0 Å². The highest BCUT2D eigenvalue weighted by molar-refractivity contribution is 7.99. The van der Waals surface area contributed by atoms with Crippen LogP contribution >= 0.6 is 11.8 Å². The molecule has 1 aromatic rings. The van der Waals surface area contributed by atoms with Gasteiger partial charge < -0.3 is 30.9 Å². The van der Waals surface area contributed by atoms with Gasteiger partial charge in [0, 0.05) is 10.6 Å². The predicted octanol–water partition coefficient (Wildman–Crippen LogP) is -0.839. The summed E-state index contributed by atoms with van der Waals surface area (Å²) in [7, 11) is 0. The van der Waals surface area contributed by atoms with Gasteiger partial charge >= 0.3 is 0 Å². The lowest BCUT2D eigenvalue weighted by Crippen LogP contribution is -2.57. The van der Waals surface area contributed by atoms with E-state index in [1.54, 1.807) is 24.3 Å². The second-order valence-corrected chi connectivity index (χ2v) is 5.56. The van der Waals surface area contributed by atoms with Crippen LogP contribution in [0.15, 0.2) is 29.2 Å². The normalized spacial score (nSPS) is 35.3. The lowest BCUT2D eigenvalue weighted by molar-refractivity contribution is -0.205. The lowest BCUT2D eigenvalue weighted by Gasteiger charge is -2.39. The molecule has 1 fully saturated rings. The van der Waals surface area contributed by atoms with Gasteiger partial charge in [-0.3, -0.25) is 0 Å². The molecule has 5 atom stereocenters. The van der Waals surface area contributed by atoms with Gasteiger partial charge in [-0.25, -0.2) is 0 Å². The molecule has 0 aliphatic carbocycles. The Bertz CT molecular complexity index is 413. The van der Waals surface area contributed by atoms with Crippen molar-refractivity contribution in [2.24, 2.45) is 0 Å². The highest BCUT2D eigenvalue weighted by Crippen LogP contribution is 2.33. The molecule has 1 aliphatic rings. The molecule has 7 heteroatoms. The highest BCUT2D eigenvalue weighted by atomic mass is 32.2. The summed E-state index contributed by atoms with van der Waals surface area (Å²) in [6, 6.07) is 6.96. The number of benzene rings is 1. The minimum absolute atomic E-state index is 0.427. The second kappa shape index (κ2) is 6.08. The van der Waals surface area contributed by atoms with E-state index in [0.717, 1.165) is 4.90 Å². The Hall–Kier alpha value is -0.830. The Morgan fingerprint density at radius 3 is 2.26 bits per heavy atom. The van der Waals surface area contributed by atoms with Crippen LogP contribution in [0.4, 0.5) is 5.69 Å². The van der Waals surface area contributed by atoms with Crippen LogP contribution in [-0.2, 0) is 4.74 Å². The Kier molecular flexibility index (Phi) is 4.67. The van der Waals surface area contributed by atoms with Gasteiger partial charge in [0.1, 0.15) is 29.9 Å². The molecule has 6 N–H and O–H groups in total. The molecule has 19 heavy (non-hydrogen) atoms. The first-order chi connectivity index (χ1) is 9.02. The van der Waals surface area contributed by atoms with E-state index in [4.69, 9.17) is 15.6 Å². The zero-order valence-electron chi connectivity index (χ0n) is 10.1. The van der Waals surface area contributed by atoms with E-state index in [1.807, 2.05) is 0 Å². The van der Waals surface area contributed by atoms with Gasteiger partial charge in [-0.2, -0.15) is 0 Å². The summed E-state index contributed by atoms with van der Waals surface area (Å²) in [5.74, 6) is 0. The van der Waals surface area contributed by atoms with E-state index >= 15 is 0 Å². The molecule has 1 aromatic carbocycles. The number of thioether (sulfide) groups is 1. The van der Waals surface area contributed by atoms with Crippen molar-refractivity contribution in [3.8, 4) is 0 Å². The molecule has 2 rings (SSSR count). The molecule has 1 aliphatic heterocycles. The van der Waals surface area contributed by atoms with Crippen LogP contribution in [0.3, 0.4) is 0 Å². The molecular formula is C12H17NO5S. The summed E-state index contributed by atoms with van der Waals surface area (Å²) >= 11 is 1.20. The molecule has 0 saturated carbocycles. The fourth-order valence-electron chi connectivity index (χ4n) is 1.85. The number of ether oxygens (including phenoxy) is 1. The topological polar surface area (TPSA) is 116 Å². The largest absolute Gasteiger partial charge is 0.399 e. The number of hydrogen-bond donors (Lipinski definition) is 5. The minimum atomic E-state index is -1.35. The lowest BCUT2D eigenvalue weighted by atomic mass is 10.0. The van der Waals surface area contributed by atoms with Gasteiger partial charge in [0.05, 0.1) is 6.61 Å². The van der Waals surface area contributed by atoms with Crippen LogP contribution in [0, 0.1) is 0 Å². The summed E-state index contributed by atoms with van der Waals surface area (Å²) in [5.41, 5.74) is 5.43. The maximum atomic E-state index is 9.87. The first kappa shape index (κ1) is 14.6. The van der Waals surface area contributed by atoms with Crippen LogP contribution in [0.25, 0.3) is 0 Å². The van der Waals surface area contributed by atoms with Crippen LogP contribution < -0.4 is 5.73 Å². The summed E-state index contributed by atoms with van der Waals surface area (Å²) in [6.07, 6.45) is -4.80. The van der Waals surface area contributed by atoms with Crippen molar-refractivity contribution >= 4 is 17.4 Å². The maximum Gasteiger partial charge on any atom is 0.136 e. The Morgan fingerprint density at radius 1 is 1.05 bits per heavy atom. The third-order valence-electron chi connectivity index (χ3n) is 2.98. The van der Waals surface area contributed by atoms with E-state index < -0.39 is 36.5 Å². The van der Waals surface area contributed by atoms with Crippen molar-refractivity contribution in [2.45, 2.75) is 34.7 Å². The van der Waals surface area contributed by atoms with Crippen molar-refractivity contribution < 1.29 is 25.2 Å². The van der Waals surface area contributed by atoms with Gasteiger partial charge in [0.25, 0.3) is 0 Å². The average Bonchev–Trinajstić information content (AvgIpc) is 2.42. The van der Waals surface area contributed by atoms with Gasteiger partial charge in [-0.15, -0.1) is 0 Å². The molecule has 1 saturated heterocycles. The van der Waals surface area contributed by atoms with Gasteiger partial charge in [-0.1, -0.05) is 11.8 Å². The van der Waals surface area contributed by atoms with Gasteiger partial charge in [0.15, 0.2) is 0 Å². The molecule has 0 unspecified atom stereocenters. The van der Waals surface area contributed by atoms with Crippen LogP contribution in [0.1, 0.15) is 0 Å².